The number of carboxylic acid groups (broad SMARTS) is 1. The molecule has 0 amide bonds. The van der Waals surface area contributed by atoms with Gasteiger partial charge in [0.05, 0.1) is 10.6 Å². The van der Waals surface area contributed by atoms with Gasteiger partial charge in [-0.25, -0.2) is 4.79 Å². The molecule has 0 radical (unpaired) electrons. The average Bonchev–Trinajstić information content (AvgIpc) is 3.38. The predicted molar refractivity (Wildman–Crippen MR) is 191 cm³/mol. The van der Waals surface area contributed by atoms with E-state index in [4.69, 9.17) is 40.4 Å². The second-order valence-corrected chi connectivity index (χ2v) is 12.5. The summed E-state index contributed by atoms with van der Waals surface area (Å²) >= 11 is 6.68. The molecule has 9 nitrogen and oxygen atoms in total. The summed E-state index contributed by atoms with van der Waals surface area (Å²) in [5.41, 5.74) is 3.05. The largest absolute Gasteiger partial charge is 0.481 e. The molecule has 2 heterocycles. The molecular formula is C41H29ClO9. The maximum atomic E-state index is 13.6. The van der Waals surface area contributed by atoms with E-state index in [1.54, 1.807) is 24.3 Å². The van der Waals surface area contributed by atoms with Gasteiger partial charge in [0.1, 0.15) is 17.2 Å². The zero-order chi connectivity index (χ0) is 36.2. The lowest BCUT2D eigenvalue weighted by atomic mass is 9.76. The summed E-state index contributed by atoms with van der Waals surface area (Å²) < 4.78 is 24.1. The minimum absolute atomic E-state index is 0.0866. The molecule has 0 saturated carbocycles. The van der Waals surface area contributed by atoms with Gasteiger partial charge in [0.15, 0.2) is 11.4 Å². The molecule has 1 unspecified atom stereocenters. The average molecular weight is 701 g/mol. The lowest BCUT2D eigenvalue weighted by Crippen LogP contribution is -2.33. The Bertz CT molecular complexity index is 2420. The van der Waals surface area contributed by atoms with Gasteiger partial charge in [-0.2, -0.15) is 0 Å². The van der Waals surface area contributed by atoms with Crippen molar-refractivity contribution in [1.29, 1.82) is 0 Å². The molecule has 8 rings (SSSR count). The minimum atomic E-state index is -1.49. The first-order valence-corrected chi connectivity index (χ1v) is 16.3. The molecule has 0 aliphatic carbocycles. The van der Waals surface area contributed by atoms with E-state index in [2.05, 4.69) is 19.1 Å². The lowest BCUT2D eigenvalue weighted by Gasteiger charge is -2.37. The molecule has 1 spiro atoms. The third kappa shape index (κ3) is 5.52. The number of rotatable bonds is 3. The Hall–Kier alpha value is -6.19. The van der Waals surface area contributed by atoms with Crippen molar-refractivity contribution in [3.63, 3.8) is 0 Å². The van der Waals surface area contributed by atoms with Crippen LogP contribution in [0.15, 0.2) is 97.1 Å². The van der Waals surface area contributed by atoms with Crippen LogP contribution in [0.3, 0.4) is 0 Å². The van der Waals surface area contributed by atoms with Crippen LogP contribution in [0.25, 0.3) is 32.7 Å². The van der Waals surface area contributed by atoms with Crippen LogP contribution in [0.1, 0.15) is 53.4 Å². The number of carbonyl (C=O) groups is 4. The number of fused-ring (bicyclic) bond motifs is 8. The topological polar surface area (TPSA) is 125 Å². The third-order valence-corrected chi connectivity index (χ3v) is 9.14. The maximum absolute atomic E-state index is 13.6. The molecular weight excluding hydrogens is 672 g/mol. The standard InChI is InChI=1S/C39H25ClO7.C2H4O2/c1-20-23-10-4-6-12-25(23)37(26-13-7-5-11-24(20)26)28-16-30-34(18-33(28)44-21(2)41)46-35-19-36(45-22(3)42)32(40)17-31(35)39(30)29-15-9-8-14-27(29)38(43)47-39;1-2(3)4/h4-19H,1-3H3;1H3,(H,3,4). The highest BCUT2D eigenvalue weighted by molar-refractivity contribution is 6.32. The van der Waals surface area contributed by atoms with Crippen molar-refractivity contribution >= 4 is 57.0 Å². The summed E-state index contributed by atoms with van der Waals surface area (Å²) in [5.74, 6) is -1.52. The monoisotopic (exact) mass is 700 g/mol. The molecule has 2 aliphatic heterocycles. The van der Waals surface area contributed by atoms with Crippen molar-refractivity contribution in [2.75, 3.05) is 0 Å². The summed E-state index contributed by atoms with van der Waals surface area (Å²) in [7, 11) is 0. The van der Waals surface area contributed by atoms with E-state index in [0.717, 1.165) is 39.6 Å². The fourth-order valence-electron chi connectivity index (χ4n) is 7.00. The smallest absolute Gasteiger partial charge is 0.340 e. The van der Waals surface area contributed by atoms with E-state index in [-0.39, 0.29) is 22.3 Å². The molecule has 6 aromatic carbocycles. The number of benzene rings is 6. The summed E-state index contributed by atoms with van der Waals surface area (Å²) in [6, 6.07) is 30.0. The molecule has 0 aromatic heterocycles. The van der Waals surface area contributed by atoms with Crippen LogP contribution in [0.4, 0.5) is 0 Å². The molecule has 6 aromatic rings. The molecule has 51 heavy (non-hydrogen) atoms. The number of ether oxygens (including phenoxy) is 4. The van der Waals surface area contributed by atoms with Gasteiger partial charge in [0.2, 0.25) is 0 Å². The number of carboxylic acids is 1. The quantitative estimate of drug-likeness (QED) is 0.109. The van der Waals surface area contributed by atoms with Crippen molar-refractivity contribution in [3.8, 4) is 34.1 Å². The first-order valence-electron chi connectivity index (χ1n) is 15.9. The minimum Gasteiger partial charge on any atom is -0.481 e. The fourth-order valence-corrected chi connectivity index (χ4v) is 7.20. The van der Waals surface area contributed by atoms with Gasteiger partial charge in [-0.1, -0.05) is 78.3 Å². The Balaban J connectivity index is 0.000000966. The van der Waals surface area contributed by atoms with Crippen molar-refractivity contribution in [2.24, 2.45) is 0 Å². The van der Waals surface area contributed by atoms with E-state index >= 15 is 0 Å². The highest BCUT2D eigenvalue weighted by Gasteiger charge is 2.54. The van der Waals surface area contributed by atoms with Crippen molar-refractivity contribution in [1.82, 2.24) is 0 Å². The molecule has 10 heteroatoms. The second-order valence-electron chi connectivity index (χ2n) is 12.1. The molecule has 1 N–H and O–H groups in total. The number of carbonyl (C=O) groups excluding carboxylic acids is 3. The zero-order valence-electron chi connectivity index (χ0n) is 27.8. The number of hydrogen-bond acceptors (Lipinski definition) is 8. The van der Waals surface area contributed by atoms with Gasteiger partial charge in [-0.3, -0.25) is 14.4 Å². The van der Waals surface area contributed by atoms with Gasteiger partial charge in [0.25, 0.3) is 5.97 Å². The van der Waals surface area contributed by atoms with Crippen LogP contribution >= 0.6 is 11.6 Å². The molecule has 254 valence electrons. The Kier molecular flexibility index (Phi) is 8.23. The SMILES string of the molecule is CC(=O)O.CC(=O)Oc1cc2c(cc1Cl)C1(OC(=O)c3ccccc31)c1cc(-c3c4ccccc4c(C)c4ccccc34)c(OC(C)=O)cc1O2. The molecule has 2 aliphatic rings. The summed E-state index contributed by atoms with van der Waals surface area (Å²) in [5, 5.41) is 11.6. The van der Waals surface area contributed by atoms with Gasteiger partial charge < -0.3 is 24.1 Å². The molecule has 0 bridgehead atoms. The lowest BCUT2D eigenvalue weighted by molar-refractivity contribution is -0.134. The molecule has 0 fully saturated rings. The summed E-state index contributed by atoms with van der Waals surface area (Å²) in [6.45, 7) is 5.79. The highest BCUT2D eigenvalue weighted by Crippen LogP contribution is 2.59. The normalized spacial score (nSPS) is 15.1. The van der Waals surface area contributed by atoms with Gasteiger partial charge in [-0.05, 0) is 52.2 Å². The van der Waals surface area contributed by atoms with E-state index in [1.165, 1.54) is 19.9 Å². The first-order chi connectivity index (χ1) is 24.4. The number of hydrogen-bond donors (Lipinski definition) is 1. The maximum Gasteiger partial charge on any atom is 0.340 e. The van der Waals surface area contributed by atoms with Crippen LogP contribution in [0.5, 0.6) is 23.0 Å². The third-order valence-electron chi connectivity index (χ3n) is 8.84. The Morgan fingerprint density at radius 1 is 0.667 bits per heavy atom. The number of aliphatic carboxylic acids is 1. The zero-order valence-corrected chi connectivity index (χ0v) is 28.6. The van der Waals surface area contributed by atoms with E-state index < -0.39 is 29.5 Å². The Morgan fingerprint density at radius 2 is 1.16 bits per heavy atom. The van der Waals surface area contributed by atoms with Crippen LogP contribution < -0.4 is 14.2 Å². The number of esters is 3. The number of halogens is 1. The molecule has 0 saturated heterocycles. The fraction of sp³-hybridized carbons (Fsp3) is 0.122. The molecule has 1 atom stereocenters. The summed E-state index contributed by atoms with van der Waals surface area (Å²) in [4.78, 5) is 47.0. The Morgan fingerprint density at radius 3 is 1.75 bits per heavy atom. The van der Waals surface area contributed by atoms with E-state index in [0.29, 0.717) is 33.6 Å². The number of aryl methyl sites for hydroxylation is 1. The van der Waals surface area contributed by atoms with E-state index in [1.807, 2.05) is 54.6 Å². The van der Waals surface area contributed by atoms with Crippen LogP contribution in [-0.2, 0) is 24.7 Å². The van der Waals surface area contributed by atoms with Gasteiger partial charge >= 0.3 is 17.9 Å². The van der Waals surface area contributed by atoms with Crippen molar-refractivity contribution in [2.45, 2.75) is 33.3 Å². The second kappa shape index (κ2) is 12.6. The van der Waals surface area contributed by atoms with Crippen molar-refractivity contribution in [3.05, 3.63) is 130 Å². The van der Waals surface area contributed by atoms with Gasteiger partial charge in [0, 0.05) is 60.7 Å². The van der Waals surface area contributed by atoms with Gasteiger partial charge in [-0.15, -0.1) is 0 Å². The highest BCUT2D eigenvalue weighted by atomic mass is 35.5. The van der Waals surface area contributed by atoms with Crippen molar-refractivity contribution < 1.29 is 43.2 Å². The van der Waals surface area contributed by atoms with Crippen LogP contribution in [0.2, 0.25) is 5.02 Å². The van der Waals surface area contributed by atoms with E-state index in [9.17, 15) is 14.4 Å². The van der Waals surface area contributed by atoms with Crippen LogP contribution in [0, 0.1) is 6.92 Å². The summed E-state index contributed by atoms with van der Waals surface area (Å²) in [6.07, 6.45) is 0. The van der Waals surface area contributed by atoms with Crippen LogP contribution in [-0.4, -0.2) is 29.0 Å². The Labute approximate surface area is 296 Å². The predicted octanol–water partition coefficient (Wildman–Crippen LogP) is 9.13. The first kappa shape index (κ1) is 33.3.